The molecule has 0 bridgehead atoms. The number of fused-ring (bicyclic) bond motifs is 1. The third kappa shape index (κ3) is 3.08. The lowest BCUT2D eigenvalue weighted by atomic mass is 10.1. The van der Waals surface area contributed by atoms with Gasteiger partial charge in [0.25, 0.3) is 0 Å². The predicted octanol–water partition coefficient (Wildman–Crippen LogP) is 1.42. The van der Waals surface area contributed by atoms with E-state index in [1.54, 1.807) is 41.4 Å². The zero-order valence-electron chi connectivity index (χ0n) is 12.9. The molecule has 0 aliphatic rings. The first kappa shape index (κ1) is 15.6. The minimum Gasteiger partial charge on any atom is -0.317 e. The summed E-state index contributed by atoms with van der Waals surface area (Å²) in [7, 11) is -3.61. The summed E-state index contributed by atoms with van der Waals surface area (Å²) in [4.78, 5) is 4.52. The van der Waals surface area contributed by atoms with E-state index in [1.807, 2.05) is 13.8 Å². The molecule has 2 heterocycles. The molecule has 0 atom stereocenters. The molecule has 2 aromatic heterocycles. The highest BCUT2D eigenvalue weighted by atomic mass is 32.2. The molecule has 0 amide bonds. The third-order valence-electron chi connectivity index (χ3n) is 3.67. The van der Waals surface area contributed by atoms with Crippen LogP contribution in [-0.2, 0) is 16.6 Å². The van der Waals surface area contributed by atoms with Crippen molar-refractivity contribution in [3.8, 4) is 0 Å². The first-order valence-electron chi connectivity index (χ1n) is 7.17. The molecular weight excluding hydrogens is 314 g/mol. The molecule has 1 aromatic carbocycles. The molecular formula is C15H17N5O2S. The maximum Gasteiger partial charge on any atom is 0.241 e. The van der Waals surface area contributed by atoms with Crippen molar-refractivity contribution in [2.75, 3.05) is 6.54 Å². The largest absolute Gasteiger partial charge is 0.317 e. The van der Waals surface area contributed by atoms with Crippen molar-refractivity contribution in [2.24, 2.45) is 0 Å². The van der Waals surface area contributed by atoms with Crippen molar-refractivity contribution < 1.29 is 8.42 Å². The summed E-state index contributed by atoms with van der Waals surface area (Å²) in [5, 5.41) is 8.27. The SMILES string of the molecule is Cc1ccc(S(=O)(=O)NCCn2cnnc2C)c2cccnc12. The fourth-order valence-electron chi connectivity index (χ4n) is 2.43. The van der Waals surface area contributed by atoms with Crippen molar-refractivity contribution in [1.29, 1.82) is 0 Å². The Morgan fingerprint density at radius 1 is 1.22 bits per heavy atom. The number of aryl methyl sites for hydroxylation is 2. The number of rotatable bonds is 5. The molecule has 0 aliphatic heterocycles. The Morgan fingerprint density at radius 3 is 2.78 bits per heavy atom. The average Bonchev–Trinajstić information content (AvgIpc) is 2.93. The Morgan fingerprint density at radius 2 is 2.04 bits per heavy atom. The number of pyridine rings is 1. The van der Waals surface area contributed by atoms with Crippen LogP contribution in [-0.4, -0.2) is 34.7 Å². The van der Waals surface area contributed by atoms with Crippen LogP contribution in [0.5, 0.6) is 0 Å². The second kappa shape index (κ2) is 6.05. The monoisotopic (exact) mass is 331 g/mol. The molecule has 3 rings (SSSR count). The second-order valence-electron chi connectivity index (χ2n) is 5.25. The number of aromatic nitrogens is 4. The Labute approximate surface area is 134 Å². The predicted molar refractivity (Wildman–Crippen MR) is 86.4 cm³/mol. The summed E-state index contributed by atoms with van der Waals surface area (Å²) in [5.74, 6) is 0.745. The third-order valence-corrected chi connectivity index (χ3v) is 5.19. The van der Waals surface area contributed by atoms with E-state index in [0.29, 0.717) is 17.4 Å². The number of hydrogen-bond acceptors (Lipinski definition) is 5. The van der Waals surface area contributed by atoms with Crippen LogP contribution in [0, 0.1) is 13.8 Å². The molecule has 0 spiro atoms. The van der Waals surface area contributed by atoms with Gasteiger partial charge in [0.2, 0.25) is 10.0 Å². The van der Waals surface area contributed by atoms with Gasteiger partial charge in [-0.05, 0) is 37.6 Å². The molecule has 120 valence electrons. The van der Waals surface area contributed by atoms with Gasteiger partial charge in [0.1, 0.15) is 12.2 Å². The number of sulfonamides is 1. The summed E-state index contributed by atoms with van der Waals surface area (Å²) in [6.45, 7) is 4.46. The van der Waals surface area contributed by atoms with Gasteiger partial charge in [-0.2, -0.15) is 0 Å². The molecule has 0 aliphatic carbocycles. The molecule has 23 heavy (non-hydrogen) atoms. The van der Waals surface area contributed by atoms with Gasteiger partial charge in [0.15, 0.2) is 0 Å². The van der Waals surface area contributed by atoms with Crippen molar-refractivity contribution in [3.05, 3.63) is 48.2 Å². The lowest BCUT2D eigenvalue weighted by Gasteiger charge is -2.11. The zero-order valence-corrected chi connectivity index (χ0v) is 13.7. The number of nitrogens with zero attached hydrogens (tertiary/aromatic N) is 4. The maximum absolute atomic E-state index is 12.6. The smallest absolute Gasteiger partial charge is 0.241 e. The maximum atomic E-state index is 12.6. The molecule has 0 saturated carbocycles. The summed E-state index contributed by atoms with van der Waals surface area (Å²) in [6, 6.07) is 6.90. The van der Waals surface area contributed by atoms with E-state index in [4.69, 9.17) is 0 Å². The quantitative estimate of drug-likeness (QED) is 0.764. The molecule has 0 saturated heterocycles. The standard InChI is InChI=1S/C15H17N5O2S/c1-11-5-6-14(13-4-3-7-16-15(11)13)23(21,22)18-8-9-20-10-17-19-12(20)2/h3-7,10,18H,8-9H2,1-2H3. The van der Waals surface area contributed by atoms with Crippen LogP contribution in [0.3, 0.4) is 0 Å². The second-order valence-corrected chi connectivity index (χ2v) is 6.98. The Kier molecular flexibility index (Phi) is 4.10. The van der Waals surface area contributed by atoms with Gasteiger partial charge in [-0.3, -0.25) is 4.98 Å². The molecule has 7 nitrogen and oxygen atoms in total. The van der Waals surface area contributed by atoms with E-state index < -0.39 is 10.0 Å². The van der Waals surface area contributed by atoms with Crippen LogP contribution < -0.4 is 4.72 Å². The molecule has 0 unspecified atom stereocenters. The average molecular weight is 331 g/mol. The highest BCUT2D eigenvalue weighted by Gasteiger charge is 2.18. The lowest BCUT2D eigenvalue weighted by Crippen LogP contribution is -2.27. The summed E-state index contributed by atoms with van der Waals surface area (Å²) in [5.41, 5.74) is 1.64. The molecule has 1 N–H and O–H groups in total. The van der Waals surface area contributed by atoms with E-state index >= 15 is 0 Å². The van der Waals surface area contributed by atoms with E-state index in [2.05, 4.69) is 19.9 Å². The van der Waals surface area contributed by atoms with Gasteiger partial charge in [0.05, 0.1) is 10.4 Å². The van der Waals surface area contributed by atoms with E-state index in [9.17, 15) is 8.42 Å². The Bertz CT molecular complexity index is 949. The molecule has 8 heteroatoms. The van der Waals surface area contributed by atoms with Crippen LogP contribution in [0.25, 0.3) is 10.9 Å². The first-order chi connectivity index (χ1) is 11.0. The van der Waals surface area contributed by atoms with Crippen LogP contribution in [0.15, 0.2) is 41.7 Å². The highest BCUT2D eigenvalue weighted by molar-refractivity contribution is 7.89. The van der Waals surface area contributed by atoms with Crippen LogP contribution >= 0.6 is 0 Å². The van der Waals surface area contributed by atoms with E-state index in [0.717, 1.165) is 11.4 Å². The Balaban J connectivity index is 1.85. The van der Waals surface area contributed by atoms with Gasteiger partial charge in [-0.15, -0.1) is 10.2 Å². The van der Waals surface area contributed by atoms with Gasteiger partial charge in [0, 0.05) is 24.7 Å². The first-order valence-corrected chi connectivity index (χ1v) is 8.66. The number of nitrogens with one attached hydrogen (secondary N) is 1. The van der Waals surface area contributed by atoms with Crippen LogP contribution in [0.2, 0.25) is 0 Å². The fraction of sp³-hybridized carbons (Fsp3) is 0.267. The molecule has 3 aromatic rings. The minimum atomic E-state index is -3.61. The topological polar surface area (TPSA) is 89.8 Å². The molecule has 0 fully saturated rings. The Hall–Kier alpha value is -2.32. The highest BCUT2D eigenvalue weighted by Crippen LogP contribution is 2.23. The number of benzene rings is 1. The fourth-order valence-corrected chi connectivity index (χ4v) is 3.65. The lowest BCUT2D eigenvalue weighted by molar-refractivity contribution is 0.571. The van der Waals surface area contributed by atoms with E-state index in [1.165, 1.54) is 0 Å². The van der Waals surface area contributed by atoms with Gasteiger partial charge in [-0.1, -0.05) is 6.07 Å². The van der Waals surface area contributed by atoms with Gasteiger partial charge < -0.3 is 4.57 Å². The van der Waals surface area contributed by atoms with Crippen molar-refractivity contribution in [2.45, 2.75) is 25.3 Å². The summed E-state index contributed by atoms with van der Waals surface area (Å²) >= 11 is 0. The van der Waals surface area contributed by atoms with Crippen LogP contribution in [0.1, 0.15) is 11.4 Å². The van der Waals surface area contributed by atoms with E-state index in [-0.39, 0.29) is 11.4 Å². The zero-order chi connectivity index (χ0) is 16.4. The van der Waals surface area contributed by atoms with Gasteiger partial charge >= 0.3 is 0 Å². The summed E-state index contributed by atoms with van der Waals surface area (Å²) in [6.07, 6.45) is 3.24. The van der Waals surface area contributed by atoms with Crippen molar-refractivity contribution >= 4 is 20.9 Å². The summed E-state index contributed by atoms with van der Waals surface area (Å²) < 4.78 is 29.6. The number of hydrogen-bond donors (Lipinski definition) is 1. The normalized spacial score (nSPS) is 11.9. The van der Waals surface area contributed by atoms with Crippen LogP contribution in [0.4, 0.5) is 0 Å². The molecule has 0 radical (unpaired) electrons. The minimum absolute atomic E-state index is 0.242. The van der Waals surface area contributed by atoms with Crippen molar-refractivity contribution in [3.63, 3.8) is 0 Å². The van der Waals surface area contributed by atoms with Crippen molar-refractivity contribution in [1.82, 2.24) is 24.5 Å². The van der Waals surface area contributed by atoms with Gasteiger partial charge in [-0.25, -0.2) is 13.1 Å².